The molecule has 2 aromatic heterocycles. The smallest absolute Gasteiger partial charge is 0.239 e. The summed E-state index contributed by atoms with van der Waals surface area (Å²) in [5.74, 6) is 1.21. The number of amides is 1. The zero-order chi connectivity index (χ0) is 18.6. The number of aromatic nitrogens is 5. The van der Waals surface area contributed by atoms with Crippen molar-refractivity contribution in [1.82, 2.24) is 30.2 Å². The number of benzene rings is 1. The molecule has 2 atom stereocenters. The molecular weight excluding hydrogens is 348 g/mol. The van der Waals surface area contributed by atoms with Crippen molar-refractivity contribution in [2.45, 2.75) is 32.0 Å². The lowest BCUT2D eigenvalue weighted by molar-refractivity contribution is -0.144. The lowest BCUT2D eigenvalue weighted by Gasteiger charge is -2.37. The Hall–Kier alpha value is -3.07. The number of ether oxygens (including phenoxy) is 1. The Morgan fingerprint density at radius 3 is 2.93 bits per heavy atom. The van der Waals surface area contributed by atoms with Crippen molar-refractivity contribution < 1.29 is 14.1 Å². The third-order valence-corrected chi connectivity index (χ3v) is 4.43. The molecule has 1 fully saturated rings. The zero-order valence-electron chi connectivity index (χ0n) is 14.9. The first-order valence-corrected chi connectivity index (χ1v) is 8.85. The van der Waals surface area contributed by atoms with E-state index >= 15 is 0 Å². The van der Waals surface area contributed by atoms with E-state index in [0.29, 0.717) is 43.5 Å². The van der Waals surface area contributed by atoms with E-state index in [4.69, 9.17) is 9.26 Å². The van der Waals surface area contributed by atoms with Crippen LogP contribution in [-0.4, -0.2) is 55.3 Å². The molecule has 0 bridgehead atoms. The van der Waals surface area contributed by atoms with Crippen LogP contribution in [-0.2, 0) is 16.0 Å². The number of nitrogens with zero attached hydrogens (tertiary/aromatic N) is 5. The van der Waals surface area contributed by atoms with Gasteiger partial charge in [0.1, 0.15) is 12.4 Å². The molecular formula is C18H20N6O3. The summed E-state index contributed by atoms with van der Waals surface area (Å²) >= 11 is 0. The highest BCUT2D eigenvalue weighted by Crippen LogP contribution is 2.25. The van der Waals surface area contributed by atoms with Gasteiger partial charge in [-0.1, -0.05) is 35.5 Å². The maximum atomic E-state index is 12.7. The maximum absolute atomic E-state index is 12.7. The fraction of sp³-hybridized carbons (Fsp3) is 0.389. The molecule has 0 spiro atoms. The number of nitrogens with one attached hydrogen (secondary N) is 1. The van der Waals surface area contributed by atoms with Gasteiger partial charge < -0.3 is 14.2 Å². The first-order chi connectivity index (χ1) is 13.2. The van der Waals surface area contributed by atoms with Crippen molar-refractivity contribution in [2.75, 3.05) is 13.1 Å². The minimum Gasteiger partial charge on any atom is -0.367 e. The predicted molar refractivity (Wildman–Crippen MR) is 94.3 cm³/mol. The Morgan fingerprint density at radius 2 is 2.15 bits per heavy atom. The van der Waals surface area contributed by atoms with E-state index in [2.05, 4.69) is 25.3 Å². The number of hydrogen-bond acceptors (Lipinski definition) is 7. The van der Waals surface area contributed by atoms with Gasteiger partial charge in [-0.2, -0.15) is 10.1 Å². The summed E-state index contributed by atoms with van der Waals surface area (Å²) in [7, 11) is 0. The van der Waals surface area contributed by atoms with Gasteiger partial charge in [0, 0.05) is 19.4 Å². The molecule has 1 saturated heterocycles. The van der Waals surface area contributed by atoms with Crippen molar-refractivity contribution >= 4 is 5.91 Å². The van der Waals surface area contributed by atoms with E-state index in [-0.39, 0.29) is 18.1 Å². The number of morpholine rings is 1. The second kappa shape index (κ2) is 7.67. The predicted octanol–water partition coefficient (Wildman–Crippen LogP) is 1.78. The molecule has 1 aliphatic heterocycles. The summed E-state index contributed by atoms with van der Waals surface area (Å²) in [6, 6.07) is 9.97. The molecule has 140 valence electrons. The van der Waals surface area contributed by atoms with Gasteiger partial charge in [-0.05, 0) is 12.5 Å². The van der Waals surface area contributed by atoms with Crippen LogP contribution in [0.15, 0.2) is 41.2 Å². The quantitative estimate of drug-likeness (QED) is 0.731. The molecule has 9 nitrogen and oxygen atoms in total. The van der Waals surface area contributed by atoms with Gasteiger partial charge in [0.05, 0.1) is 12.6 Å². The summed E-state index contributed by atoms with van der Waals surface area (Å²) in [4.78, 5) is 22.7. The van der Waals surface area contributed by atoms with Crippen molar-refractivity contribution in [3.05, 3.63) is 48.1 Å². The molecule has 4 rings (SSSR count). The molecule has 1 aliphatic rings. The maximum Gasteiger partial charge on any atom is 0.239 e. The molecule has 3 aromatic rings. The molecule has 1 aromatic carbocycles. The third kappa shape index (κ3) is 4.03. The van der Waals surface area contributed by atoms with Crippen LogP contribution in [0.25, 0.3) is 11.6 Å². The monoisotopic (exact) mass is 368 g/mol. The summed E-state index contributed by atoms with van der Waals surface area (Å²) in [6.45, 7) is 3.10. The van der Waals surface area contributed by atoms with Crippen LogP contribution in [0.4, 0.5) is 0 Å². The van der Waals surface area contributed by atoms with E-state index in [1.807, 2.05) is 42.2 Å². The summed E-state index contributed by atoms with van der Waals surface area (Å²) < 4.78 is 11.2. The van der Waals surface area contributed by atoms with E-state index in [9.17, 15) is 4.79 Å². The molecule has 3 heterocycles. The Kier molecular flexibility index (Phi) is 4.93. The second-order valence-corrected chi connectivity index (χ2v) is 6.49. The normalized spacial score (nSPS) is 20.0. The summed E-state index contributed by atoms with van der Waals surface area (Å²) in [6.07, 6.45) is 1.92. The highest BCUT2D eigenvalue weighted by Gasteiger charge is 2.29. The van der Waals surface area contributed by atoms with Crippen molar-refractivity contribution in [3.8, 4) is 11.6 Å². The summed E-state index contributed by atoms with van der Waals surface area (Å²) in [5.41, 5.74) is 1.08. The first kappa shape index (κ1) is 17.3. The standard InChI is InChI=1S/C18H20N6O3/c1-12-9-24(10-14(26-12)13-5-3-2-4-6-13)16(25)8-7-15-21-18(23-27-15)17-19-11-20-22-17/h2-6,11-12,14H,7-10H2,1H3,(H,19,20,22). The van der Waals surface area contributed by atoms with Gasteiger partial charge in [0.2, 0.25) is 17.6 Å². The van der Waals surface area contributed by atoms with E-state index in [1.54, 1.807) is 0 Å². The Balaban J connectivity index is 1.36. The van der Waals surface area contributed by atoms with Crippen LogP contribution in [0.3, 0.4) is 0 Å². The number of aryl methyl sites for hydroxylation is 1. The molecule has 9 heteroatoms. The van der Waals surface area contributed by atoms with Crippen LogP contribution in [0.2, 0.25) is 0 Å². The minimum atomic E-state index is -0.111. The van der Waals surface area contributed by atoms with E-state index in [1.165, 1.54) is 6.33 Å². The van der Waals surface area contributed by atoms with E-state index < -0.39 is 0 Å². The van der Waals surface area contributed by atoms with Gasteiger partial charge in [-0.3, -0.25) is 9.89 Å². The molecule has 0 aliphatic carbocycles. The van der Waals surface area contributed by atoms with E-state index in [0.717, 1.165) is 5.56 Å². The number of aromatic amines is 1. The van der Waals surface area contributed by atoms with Gasteiger partial charge >= 0.3 is 0 Å². The van der Waals surface area contributed by atoms with Crippen molar-refractivity contribution in [3.63, 3.8) is 0 Å². The fourth-order valence-electron chi connectivity index (χ4n) is 3.14. The number of hydrogen-bond donors (Lipinski definition) is 1. The van der Waals surface area contributed by atoms with Crippen LogP contribution < -0.4 is 0 Å². The second-order valence-electron chi connectivity index (χ2n) is 6.49. The lowest BCUT2D eigenvalue weighted by atomic mass is 10.1. The highest BCUT2D eigenvalue weighted by atomic mass is 16.5. The average Bonchev–Trinajstić information content (AvgIpc) is 3.38. The molecule has 1 amide bonds. The van der Waals surface area contributed by atoms with Crippen molar-refractivity contribution in [2.24, 2.45) is 0 Å². The van der Waals surface area contributed by atoms with Gasteiger partial charge in [-0.15, -0.1) is 0 Å². The van der Waals surface area contributed by atoms with Gasteiger partial charge in [0.25, 0.3) is 0 Å². The van der Waals surface area contributed by atoms with Crippen molar-refractivity contribution in [1.29, 1.82) is 0 Å². The topological polar surface area (TPSA) is 110 Å². The molecule has 0 saturated carbocycles. The molecule has 2 unspecified atom stereocenters. The average molecular weight is 368 g/mol. The Morgan fingerprint density at radius 1 is 1.30 bits per heavy atom. The Labute approximate surface area is 155 Å². The minimum absolute atomic E-state index is 0.0191. The van der Waals surface area contributed by atoms with Crippen LogP contribution >= 0.6 is 0 Å². The van der Waals surface area contributed by atoms with Gasteiger partial charge in [-0.25, -0.2) is 4.98 Å². The third-order valence-electron chi connectivity index (χ3n) is 4.43. The first-order valence-electron chi connectivity index (χ1n) is 8.85. The Bertz CT molecular complexity index is 880. The SMILES string of the molecule is CC1CN(C(=O)CCc2nc(-c3ncn[nH]3)no2)CC(c2ccccc2)O1. The lowest BCUT2D eigenvalue weighted by Crippen LogP contribution is -2.46. The largest absolute Gasteiger partial charge is 0.367 e. The fourth-order valence-corrected chi connectivity index (χ4v) is 3.14. The number of rotatable bonds is 5. The number of H-pyrrole nitrogens is 1. The number of carbonyl (C=O) groups is 1. The molecule has 1 N–H and O–H groups in total. The zero-order valence-corrected chi connectivity index (χ0v) is 14.9. The number of carbonyl (C=O) groups excluding carboxylic acids is 1. The summed E-state index contributed by atoms with van der Waals surface area (Å²) in [5, 5.41) is 10.3. The van der Waals surface area contributed by atoms with Crippen LogP contribution in [0.5, 0.6) is 0 Å². The van der Waals surface area contributed by atoms with Gasteiger partial charge in [0.15, 0.2) is 5.82 Å². The highest BCUT2D eigenvalue weighted by molar-refractivity contribution is 5.76. The van der Waals surface area contributed by atoms with Crippen LogP contribution in [0.1, 0.15) is 30.9 Å². The molecule has 27 heavy (non-hydrogen) atoms. The van der Waals surface area contributed by atoms with Crippen LogP contribution in [0, 0.1) is 0 Å². The molecule has 0 radical (unpaired) electrons.